The minimum Gasteiger partial charge on any atom is -0.351 e. The van der Waals surface area contributed by atoms with E-state index in [-0.39, 0.29) is 35.9 Å². The molecule has 0 saturated carbocycles. The molecule has 0 atom stereocenters. The summed E-state index contributed by atoms with van der Waals surface area (Å²) in [6.07, 6.45) is 0.0846. The molecule has 6 nitrogen and oxygen atoms in total. The number of sulfonamides is 1. The number of hydrogen-bond donors (Lipinski definition) is 3. The summed E-state index contributed by atoms with van der Waals surface area (Å²) in [5.74, 6) is -0.197. The van der Waals surface area contributed by atoms with Crippen molar-refractivity contribution >= 4 is 15.9 Å². The molecular weight excluding hydrogens is 290 g/mol. The van der Waals surface area contributed by atoms with Gasteiger partial charge in [-0.05, 0) is 32.4 Å². The largest absolute Gasteiger partial charge is 0.351 e. The first-order valence-electron chi connectivity index (χ1n) is 6.74. The van der Waals surface area contributed by atoms with Gasteiger partial charge in [-0.25, -0.2) is 13.1 Å². The summed E-state index contributed by atoms with van der Waals surface area (Å²) in [7, 11) is -3.65. The maximum absolute atomic E-state index is 12.2. The van der Waals surface area contributed by atoms with Gasteiger partial charge in [0.1, 0.15) is 0 Å². The Bertz CT molecular complexity index is 592. The van der Waals surface area contributed by atoms with Crippen LogP contribution in [0.3, 0.4) is 0 Å². The van der Waals surface area contributed by atoms with Gasteiger partial charge in [0.25, 0.3) is 0 Å². The van der Waals surface area contributed by atoms with E-state index in [1.54, 1.807) is 18.2 Å². The molecule has 7 heteroatoms. The number of hydrogen-bond acceptors (Lipinski definition) is 4. The number of nitrogens with two attached hydrogens (primary N) is 1. The van der Waals surface area contributed by atoms with E-state index in [9.17, 15) is 13.2 Å². The SMILES string of the molecule is CC(C)(C)NC(=O)CCNS(=O)(=O)c1ccccc1CN. The molecule has 0 unspecified atom stereocenters. The van der Waals surface area contributed by atoms with Crippen LogP contribution >= 0.6 is 0 Å². The van der Waals surface area contributed by atoms with Gasteiger partial charge >= 0.3 is 0 Å². The highest BCUT2D eigenvalue weighted by molar-refractivity contribution is 7.89. The molecule has 0 aliphatic heterocycles. The van der Waals surface area contributed by atoms with Crippen molar-refractivity contribution in [3.8, 4) is 0 Å². The van der Waals surface area contributed by atoms with Crippen molar-refractivity contribution in [2.75, 3.05) is 6.54 Å². The Morgan fingerprint density at radius 1 is 1.24 bits per heavy atom. The zero-order valence-corrected chi connectivity index (χ0v) is 13.5. The van der Waals surface area contributed by atoms with Crippen LogP contribution in [0.25, 0.3) is 0 Å². The minimum atomic E-state index is -3.65. The second-order valence-electron chi connectivity index (χ2n) is 5.76. The average molecular weight is 313 g/mol. The van der Waals surface area contributed by atoms with E-state index in [0.29, 0.717) is 5.56 Å². The van der Waals surface area contributed by atoms with Gasteiger partial charge in [-0.2, -0.15) is 0 Å². The molecule has 0 fully saturated rings. The van der Waals surface area contributed by atoms with Gasteiger partial charge in [0.05, 0.1) is 4.90 Å². The number of nitrogens with one attached hydrogen (secondary N) is 2. The third-order valence-corrected chi connectivity index (χ3v) is 4.20. The normalized spacial score (nSPS) is 12.2. The molecule has 118 valence electrons. The molecule has 0 saturated heterocycles. The fraction of sp³-hybridized carbons (Fsp3) is 0.500. The predicted octanol–water partition coefficient (Wildman–Crippen LogP) is 0.728. The van der Waals surface area contributed by atoms with E-state index in [1.807, 2.05) is 20.8 Å². The molecule has 0 bridgehead atoms. The van der Waals surface area contributed by atoms with Crippen molar-refractivity contribution in [2.24, 2.45) is 5.73 Å². The maximum Gasteiger partial charge on any atom is 0.240 e. The molecule has 1 aromatic carbocycles. The smallest absolute Gasteiger partial charge is 0.240 e. The predicted molar refractivity (Wildman–Crippen MR) is 82.0 cm³/mol. The molecule has 21 heavy (non-hydrogen) atoms. The Hall–Kier alpha value is -1.44. The van der Waals surface area contributed by atoms with E-state index in [1.165, 1.54) is 6.07 Å². The van der Waals surface area contributed by atoms with E-state index in [0.717, 1.165) is 0 Å². The summed E-state index contributed by atoms with van der Waals surface area (Å²) < 4.78 is 26.8. The second kappa shape index (κ2) is 7.02. The summed E-state index contributed by atoms with van der Waals surface area (Å²) in [5, 5.41) is 2.77. The Morgan fingerprint density at radius 2 is 1.86 bits per heavy atom. The molecule has 0 heterocycles. The third kappa shape index (κ3) is 5.82. The van der Waals surface area contributed by atoms with Crippen LogP contribution in [-0.2, 0) is 21.4 Å². The molecule has 0 aromatic heterocycles. The summed E-state index contributed by atoms with van der Waals surface area (Å²) >= 11 is 0. The lowest BCUT2D eigenvalue weighted by Crippen LogP contribution is -2.42. The molecule has 4 N–H and O–H groups in total. The Balaban J connectivity index is 2.64. The molecule has 1 rings (SSSR count). The molecule has 0 radical (unpaired) electrons. The van der Waals surface area contributed by atoms with Crippen LogP contribution in [0.15, 0.2) is 29.2 Å². The molecule has 1 amide bonds. The van der Waals surface area contributed by atoms with E-state index >= 15 is 0 Å². The number of amides is 1. The zero-order valence-electron chi connectivity index (χ0n) is 12.6. The van der Waals surface area contributed by atoms with Crippen LogP contribution in [-0.4, -0.2) is 26.4 Å². The van der Waals surface area contributed by atoms with Crippen LogP contribution in [0.1, 0.15) is 32.8 Å². The number of carbonyl (C=O) groups is 1. The van der Waals surface area contributed by atoms with Gasteiger partial charge in [0.15, 0.2) is 0 Å². The first-order valence-corrected chi connectivity index (χ1v) is 8.23. The molecule has 0 aliphatic rings. The fourth-order valence-electron chi connectivity index (χ4n) is 1.79. The Morgan fingerprint density at radius 3 is 2.43 bits per heavy atom. The number of carbonyl (C=O) groups excluding carboxylic acids is 1. The zero-order chi connectivity index (χ0) is 16.1. The van der Waals surface area contributed by atoms with Crippen molar-refractivity contribution in [3.63, 3.8) is 0 Å². The summed E-state index contributed by atoms with van der Waals surface area (Å²) in [5.41, 5.74) is 5.75. The van der Waals surface area contributed by atoms with Gasteiger partial charge in [0.2, 0.25) is 15.9 Å². The van der Waals surface area contributed by atoms with E-state index in [4.69, 9.17) is 5.73 Å². The highest BCUT2D eigenvalue weighted by atomic mass is 32.2. The Kier molecular flexibility index (Phi) is 5.88. The lowest BCUT2D eigenvalue weighted by atomic mass is 10.1. The van der Waals surface area contributed by atoms with Gasteiger partial charge in [-0.15, -0.1) is 0 Å². The van der Waals surface area contributed by atoms with Crippen molar-refractivity contribution in [2.45, 2.75) is 44.2 Å². The van der Waals surface area contributed by atoms with Crippen LogP contribution in [0.4, 0.5) is 0 Å². The second-order valence-corrected chi connectivity index (χ2v) is 7.49. The van der Waals surface area contributed by atoms with Gasteiger partial charge in [-0.1, -0.05) is 18.2 Å². The van der Waals surface area contributed by atoms with Crippen LogP contribution in [0.2, 0.25) is 0 Å². The average Bonchev–Trinajstić information content (AvgIpc) is 2.36. The van der Waals surface area contributed by atoms with E-state index < -0.39 is 10.0 Å². The fourth-order valence-corrected chi connectivity index (χ4v) is 3.07. The maximum atomic E-state index is 12.2. The lowest BCUT2D eigenvalue weighted by Gasteiger charge is -2.20. The quantitative estimate of drug-likeness (QED) is 0.720. The van der Waals surface area contributed by atoms with Gasteiger partial charge in [-0.3, -0.25) is 4.79 Å². The first kappa shape index (κ1) is 17.6. The summed E-state index contributed by atoms with van der Waals surface area (Å²) in [6.45, 7) is 5.79. The van der Waals surface area contributed by atoms with Crippen LogP contribution < -0.4 is 15.8 Å². The highest BCUT2D eigenvalue weighted by Crippen LogP contribution is 2.14. The number of benzene rings is 1. The topological polar surface area (TPSA) is 101 Å². The summed E-state index contributed by atoms with van der Waals surface area (Å²) in [6, 6.07) is 6.54. The first-order chi connectivity index (χ1) is 9.65. The van der Waals surface area contributed by atoms with Crippen LogP contribution in [0, 0.1) is 0 Å². The van der Waals surface area contributed by atoms with Crippen LogP contribution in [0.5, 0.6) is 0 Å². The molecule has 1 aromatic rings. The van der Waals surface area contributed by atoms with E-state index in [2.05, 4.69) is 10.0 Å². The van der Waals surface area contributed by atoms with Crippen molar-refractivity contribution in [1.82, 2.24) is 10.0 Å². The van der Waals surface area contributed by atoms with Crippen molar-refractivity contribution < 1.29 is 13.2 Å². The lowest BCUT2D eigenvalue weighted by molar-refractivity contribution is -0.122. The minimum absolute atomic E-state index is 0.0448. The molecule has 0 aliphatic carbocycles. The van der Waals surface area contributed by atoms with Crippen molar-refractivity contribution in [1.29, 1.82) is 0 Å². The summed E-state index contributed by atoms with van der Waals surface area (Å²) in [4.78, 5) is 11.8. The van der Waals surface area contributed by atoms with Gasteiger partial charge in [0, 0.05) is 25.0 Å². The molecular formula is C14H23N3O3S. The highest BCUT2D eigenvalue weighted by Gasteiger charge is 2.18. The Labute approximate surface area is 126 Å². The monoisotopic (exact) mass is 313 g/mol. The third-order valence-electron chi connectivity index (χ3n) is 2.64. The number of rotatable bonds is 6. The molecule has 0 spiro atoms. The van der Waals surface area contributed by atoms with Crippen molar-refractivity contribution in [3.05, 3.63) is 29.8 Å². The standard InChI is InChI=1S/C14H23N3O3S/c1-14(2,3)17-13(18)8-9-16-21(19,20)12-7-5-4-6-11(12)10-15/h4-7,16H,8-10,15H2,1-3H3,(H,17,18). The van der Waals surface area contributed by atoms with Gasteiger partial charge < -0.3 is 11.1 Å².